The molecular formula is C13H10FO2. The minimum atomic E-state index is -0.483. The average molecular weight is 217 g/mol. The number of hydrogen-bond donors (Lipinski definition) is 0. The number of ether oxygens (including phenoxy) is 1. The summed E-state index contributed by atoms with van der Waals surface area (Å²) >= 11 is 0. The van der Waals surface area contributed by atoms with Gasteiger partial charge in [0.2, 0.25) is 5.75 Å². The third kappa shape index (κ3) is 2.14. The average Bonchev–Trinajstić information content (AvgIpc) is 2.27. The number of rotatable bonds is 2. The second-order valence-corrected chi connectivity index (χ2v) is 3.46. The second kappa shape index (κ2) is 4.23. The Morgan fingerprint density at radius 3 is 2.56 bits per heavy atom. The maximum Gasteiger partial charge on any atom is 0.221 e. The van der Waals surface area contributed by atoms with Crippen LogP contribution in [0.15, 0.2) is 42.5 Å². The number of hydrogen-bond acceptors (Lipinski definition) is 1. The van der Waals surface area contributed by atoms with E-state index in [4.69, 9.17) is 4.74 Å². The van der Waals surface area contributed by atoms with Gasteiger partial charge in [-0.05, 0) is 30.7 Å². The van der Waals surface area contributed by atoms with Crippen LogP contribution in [0.5, 0.6) is 17.2 Å². The molecule has 2 aromatic rings. The summed E-state index contributed by atoms with van der Waals surface area (Å²) in [6, 6.07) is 10.6. The Balaban J connectivity index is 2.34. The quantitative estimate of drug-likeness (QED) is 0.745. The smallest absolute Gasteiger partial charge is 0.221 e. The zero-order chi connectivity index (χ0) is 11.5. The number of aryl methyl sites for hydroxylation is 1. The topological polar surface area (TPSA) is 29.1 Å². The number of halogens is 1. The van der Waals surface area contributed by atoms with Crippen LogP contribution in [-0.2, 0) is 5.11 Å². The van der Waals surface area contributed by atoms with Gasteiger partial charge in [0.25, 0.3) is 0 Å². The summed E-state index contributed by atoms with van der Waals surface area (Å²) in [5, 5.41) is 11.4. The van der Waals surface area contributed by atoms with Crippen molar-refractivity contribution < 1.29 is 14.2 Å². The van der Waals surface area contributed by atoms with Gasteiger partial charge in [-0.25, -0.2) is 4.39 Å². The first-order chi connectivity index (χ1) is 7.66. The molecule has 0 aliphatic rings. The van der Waals surface area contributed by atoms with Crippen molar-refractivity contribution in [2.45, 2.75) is 6.92 Å². The first kappa shape index (κ1) is 10.5. The van der Waals surface area contributed by atoms with E-state index in [9.17, 15) is 9.50 Å². The van der Waals surface area contributed by atoms with E-state index in [1.165, 1.54) is 0 Å². The van der Waals surface area contributed by atoms with Crippen molar-refractivity contribution in [2.75, 3.05) is 0 Å². The molecule has 2 aromatic carbocycles. The van der Waals surface area contributed by atoms with Crippen LogP contribution in [0.4, 0.5) is 4.39 Å². The van der Waals surface area contributed by atoms with Gasteiger partial charge in [0.05, 0.1) is 0 Å². The van der Waals surface area contributed by atoms with Gasteiger partial charge < -0.3 is 4.74 Å². The van der Waals surface area contributed by atoms with Gasteiger partial charge in [-0.1, -0.05) is 18.2 Å². The highest BCUT2D eigenvalue weighted by Gasteiger charge is 2.08. The fraction of sp³-hybridized carbons (Fsp3) is 0.0769. The predicted octanol–water partition coefficient (Wildman–Crippen LogP) is 4.07. The molecule has 0 aliphatic heterocycles. The summed E-state index contributed by atoms with van der Waals surface area (Å²) in [7, 11) is 0. The van der Waals surface area contributed by atoms with Crippen LogP contribution in [0.25, 0.3) is 0 Å². The summed E-state index contributed by atoms with van der Waals surface area (Å²) in [4.78, 5) is 0. The molecule has 0 saturated carbocycles. The van der Waals surface area contributed by atoms with Crippen LogP contribution in [0.3, 0.4) is 0 Å². The minimum Gasteiger partial charge on any atom is -0.453 e. The van der Waals surface area contributed by atoms with Gasteiger partial charge in [-0.3, -0.25) is 5.11 Å². The molecule has 2 nitrogen and oxygen atoms in total. The van der Waals surface area contributed by atoms with Crippen LogP contribution in [-0.4, -0.2) is 0 Å². The molecule has 0 aliphatic carbocycles. The van der Waals surface area contributed by atoms with Crippen LogP contribution in [0, 0.1) is 12.7 Å². The lowest BCUT2D eigenvalue weighted by Crippen LogP contribution is -1.88. The van der Waals surface area contributed by atoms with E-state index in [1.54, 1.807) is 12.1 Å². The number of para-hydroxylation sites is 1. The Bertz CT molecular complexity index is 509. The van der Waals surface area contributed by atoms with E-state index in [2.05, 4.69) is 0 Å². The van der Waals surface area contributed by atoms with Crippen molar-refractivity contribution in [3.8, 4) is 17.2 Å². The molecule has 0 aromatic heterocycles. The largest absolute Gasteiger partial charge is 0.453 e. The molecule has 0 atom stereocenters. The third-order valence-corrected chi connectivity index (χ3v) is 2.22. The van der Waals surface area contributed by atoms with Crippen molar-refractivity contribution in [2.24, 2.45) is 0 Å². The Morgan fingerprint density at radius 2 is 1.81 bits per heavy atom. The van der Waals surface area contributed by atoms with Gasteiger partial charge in [0.15, 0.2) is 5.75 Å². The zero-order valence-electron chi connectivity index (χ0n) is 8.74. The van der Waals surface area contributed by atoms with E-state index in [0.29, 0.717) is 5.75 Å². The van der Waals surface area contributed by atoms with Gasteiger partial charge in [0, 0.05) is 6.07 Å². The van der Waals surface area contributed by atoms with Gasteiger partial charge in [0.1, 0.15) is 11.6 Å². The van der Waals surface area contributed by atoms with Crippen molar-refractivity contribution >= 4 is 0 Å². The normalized spacial score (nSPS) is 10.1. The molecule has 0 fully saturated rings. The highest BCUT2D eigenvalue weighted by atomic mass is 19.1. The maximum absolute atomic E-state index is 12.9. The van der Waals surface area contributed by atoms with Crippen LogP contribution >= 0.6 is 0 Å². The monoisotopic (exact) mass is 217 g/mol. The Hall–Kier alpha value is -2.03. The fourth-order valence-electron chi connectivity index (χ4n) is 1.35. The molecule has 0 bridgehead atoms. The Labute approximate surface area is 92.9 Å². The van der Waals surface area contributed by atoms with Crippen LogP contribution < -0.4 is 4.74 Å². The van der Waals surface area contributed by atoms with Gasteiger partial charge in [-0.15, -0.1) is 0 Å². The molecule has 0 amide bonds. The van der Waals surface area contributed by atoms with Crippen LogP contribution in [0.2, 0.25) is 0 Å². The molecule has 0 unspecified atom stereocenters. The summed E-state index contributed by atoms with van der Waals surface area (Å²) in [5.41, 5.74) is 0.895. The van der Waals surface area contributed by atoms with Crippen molar-refractivity contribution in [1.29, 1.82) is 0 Å². The first-order valence-corrected chi connectivity index (χ1v) is 4.87. The Morgan fingerprint density at radius 1 is 1.06 bits per heavy atom. The van der Waals surface area contributed by atoms with Crippen molar-refractivity contribution in [3.05, 3.63) is 53.8 Å². The van der Waals surface area contributed by atoms with Crippen molar-refractivity contribution in [3.63, 3.8) is 0 Å². The third-order valence-electron chi connectivity index (χ3n) is 2.22. The lowest BCUT2D eigenvalue weighted by molar-refractivity contribution is 0.327. The highest BCUT2D eigenvalue weighted by Crippen LogP contribution is 2.32. The number of benzene rings is 2. The van der Waals surface area contributed by atoms with Gasteiger partial charge in [-0.2, -0.15) is 0 Å². The molecule has 1 radical (unpaired) electrons. The lowest BCUT2D eigenvalue weighted by atomic mass is 10.2. The van der Waals surface area contributed by atoms with Crippen LogP contribution in [0.1, 0.15) is 5.56 Å². The molecule has 2 rings (SSSR count). The van der Waals surface area contributed by atoms with E-state index >= 15 is 0 Å². The Kier molecular flexibility index (Phi) is 2.77. The molecular weight excluding hydrogens is 207 g/mol. The molecule has 81 valence electrons. The molecule has 0 spiro atoms. The lowest BCUT2D eigenvalue weighted by Gasteiger charge is -2.08. The summed E-state index contributed by atoms with van der Waals surface area (Å²) in [6.45, 7) is 1.86. The second-order valence-electron chi connectivity index (χ2n) is 3.46. The maximum atomic E-state index is 12.9. The minimum absolute atomic E-state index is 0.00861. The molecule has 0 saturated heterocycles. The fourth-order valence-corrected chi connectivity index (χ4v) is 1.35. The molecule has 0 heterocycles. The summed E-state index contributed by atoms with van der Waals surface area (Å²) in [6.07, 6.45) is 0. The molecule has 3 heteroatoms. The molecule has 16 heavy (non-hydrogen) atoms. The van der Waals surface area contributed by atoms with Gasteiger partial charge >= 0.3 is 0 Å². The predicted molar refractivity (Wildman–Crippen MR) is 57.8 cm³/mol. The van der Waals surface area contributed by atoms with E-state index < -0.39 is 5.82 Å². The van der Waals surface area contributed by atoms with E-state index in [1.807, 2.05) is 19.1 Å². The standard InChI is InChI=1S/C13H10FO2/c1-9-4-2-3-5-12(9)16-13-8-10(14)6-7-11(13)15/h2-8H,1H3. The SMILES string of the molecule is Cc1ccccc1Oc1cc(F)ccc1[O]. The first-order valence-electron chi connectivity index (χ1n) is 4.87. The summed E-state index contributed by atoms with van der Waals surface area (Å²) < 4.78 is 18.3. The highest BCUT2D eigenvalue weighted by molar-refractivity contribution is 5.43. The van der Waals surface area contributed by atoms with Crippen molar-refractivity contribution in [1.82, 2.24) is 0 Å². The molecule has 0 N–H and O–H groups in total. The summed E-state index contributed by atoms with van der Waals surface area (Å²) in [5.74, 6) is -0.243. The van der Waals surface area contributed by atoms with E-state index in [0.717, 1.165) is 23.8 Å². The van der Waals surface area contributed by atoms with E-state index in [-0.39, 0.29) is 11.5 Å². The zero-order valence-corrected chi connectivity index (χ0v) is 8.74.